The lowest BCUT2D eigenvalue weighted by Crippen LogP contribution is -1.82. The summed E-state index contributed by atoms with van der Waals surface area (Å²) >= 11 is 4.18. The van der Waals surface area contributed by atoms with E-state index in [4.69, 9.17) is 5.41 Å². The summed E-state index contributed by atoms with van der Waals surface area (Å²) in [7, 11) is 0. The van der Waals surface area contributed by atoms with Gasteiger partial charge in [0.05, 0.1) is 0 Å². The molecule has 0 amide bonds. The summed E-state index contributed by atoms with van der Waals surface area (Å²) in [5.41, 5.74) is 3.91. The molecule has 0 aromatic heterocycles. The fourth-order valence-electron chi connectivity index (χ4n) is 1.49. The van der Waals surface area contributed by atoms with Gasteiger partial charge in [0.2, 0.25) is 0 Å². The van der Waals surface area contributed by atoms with Crippen molar-refractivity contribution in [3.63, 3.8) is 0 Å². The van der Waals surface area contributed by atoms with Gasteiger partial charge in [-0.15, -0.1) is 0 Å². The summed E-state index contributed by atoms with van der Waals surface area (Å²) in [6.45, 7) is 6.32. The highest BCUT2D eigenvalue weighted by Crippen LogP contribution is 2.11. The molecule has 0 unspecified atom stereocenters. The Morgan fingerprint density at radius 1 is 0.941 bits per heavy atom. The second kappa shape index (κ2) is 10.4. The average molecular weight is 251 g/mol. The van der Waals surface area contributed by atoms with Crippen molar-refractivity contribution in [1.29, 1.82) is 5.41 Å². The number of allylic oxidation sites excluding steroid dienone is 5. The Morgan fingerprint density at radius 2 is 1.47 bits per heavy atom. The van der Waals surface area contributed by atoms with Crippen LogP contribution in [0.25, 0.3) is 0 Å². The maximum Gasteiger partial charge on any atom is 0.0203 e. The van der Waals surface area contributed by atoms with E-state index in [1.165, 1.54) is 17.4 Å². The molecule has 0 aliphatic heterocycles. The first-order valence-corrected chi connectivity index (χ1v) is 6.82. The van der Waals surface area contributed by atoms with E-state index in [2.05, 4.69) is 44.7 Å². The van der Waals surface area contributed by atoms with E-state index in [9.17, 15) is 0 Å². The number of hydrogen-bond acceptors (Lipinski definition) is 2. The van der Waals surface area contributed by atoms with Crippen LogP contribution in [-0.2, 0) is 0 Å². The SMILES string of the molecule is C/C(C=N)=C\CC/C(C)=C/CC/C(C)=C/CS. The van der Waals surface area contributed by atoms with E-state index in [0.717, 1.165) is 37.0 Å². The predicted molar refractivity (Wildman–Crippen MR) is 82.4 cm³/mol. The van der Waals surface area contributed by atoms with Crippen LogP contribution in [0.2, 0.25) is 0 Å². The zero-order chi connectivity index (χ0) is 13.1. The Morgan fingerprint density at radius 3 is 2.00 bits per heavy atom. The number of nitrogens with one attached hydrogen (secondary N) is 1. The molecule has 96 valence electrons. The van der Waals surface area contributed by atoms with Gasteiger partial charge >= 0.3 is 0 Å². The van der Waals surface area contributed by atoms with E-state index in [1.807, 2.05) is 6.92 Å². The molecule has 0 saturated carbocycles. The zero-order valence-electron chi connectivity index (χ0n) is 11.3. The lowest BCUT2D eigenvalue weighted by atomic mass is 10.1. The monoisotopic (exact) mass is 251 g/mol. The molecular weight excluding hydrogens is 226 g/mol. The van der Waals surface area contributed by atoms with E-state index < -0.39 is 0 Å². The van der Waals surface area contributed by atoms with E-state index >= 15 is 0 Å². The smallest absolute Gasteiger partial charge is 0.0203 e. The Kier molecular flexibility index (Phi) is 9.93. The van der Waals surface area contributed by atoms with Crippen molar-refractivity contribution in [2.45, 2.75) is 46.5 Å². The van der Waals surface area contributed by atoms with E-state index in [-0.39, 0.29) is 0 Å². The first-order chi connectivity index (χ1) is 8.10. The molecule has 0 radical (unpaired) electrons. The minimum absolute atomic E-state index is 0.836. The molecule has 0 aliphatic carbocycles. The van der Waals surface area contributed by atoms with Crippen molar-refractivity contribution in [1.82, 2.24) is 0 Å². The van der Waals surface area contributed by atoms with Gasteiger partial charge in [-0.25, -0.2) is 0 Å². The molecule has 0 atom stereocenters. The van der Waals surface area contributed by atoms with Crippen molar-refractivity contribution in [2.24, 2.45) is 0 Å². The maximum absolute atomic E-state index is 7.07. The summed E-state index contributed by atoms with van der Waals surface area (Å²) in [5, 5.41) is 7.07. The van der Waals surface area contributed by atoms with Crippen LogP contribution in [0.1, 0.15) is 46.5 Å². The molecular formula is C15H25NS. The van der Waals surface area contributed by atoms with E-state index in [1.54, 1.807) is 0 Å². The Hall–Kier alpha value is -0.760. The molecule has 0 aliphatic rings. The number of thiol groups is 1. The molecule has 0 spiro atoms. The summed E-state index contributed by atoms with van der Waals surface area (Å²) in [4.78, 5) is 0. The molecule has 0 saturated heterocycles. The summed E-state index contributed by atoms with van der Waals surface area (Å²) in [5.74, 6) is 0.836. The van der Waals surface area contributed by atoms with Crippen LogP contribution in [0.5, 0.6) is 0 Å². The van der Waals surface area contributed by atoms with Crippen molar-refractivity contribution in [2.75, 3.05) is 5.75 Å². The molecule has 0 bridgehead atoms. The van der Waals surface area contributed by atoms with Crippen LogP contribution in [0, 0.1) is 5.41 Å². The molecule has 2 heteroatoms. The van der Waals surface area contributed by atoms with Gasteiger partial charge in [0, 0.05) is 12.0 Å². The first-order valence-electron chi connectivity index (χ1n) is 6.19. The third-order valence-electron chi connectivity index (χ3n) is 2.70. The van der Waals surface area contributed by atoms with Gasteiger partial charge in [-0.1, -0.05) is 29.4 Å². The normalized spacial score (nSPS) is 14.0. The Balaban J connectivity index is 3.87. The highest BCUT2D eigenvalue weighted by Gasteiger charge is 1.91. The van der Waals surface area contributed by atoms with Gasteiger partial charge in [0.1, 0.15) is 0 Å². The Bertz CT molecular complexity index is 311. The summed E-state index contributed by atoms with van der Waals surface area (Å²) in [6, 6.07) is 0. The van der Waals surface area contributed by atoms with Crippen LogP contribution in [0.3, 0.4) is 0 Å². The molecule has 1 N–H and O–H groups in total. The average Bonchev–Trinajstić information content (AvgIpc) is 2.29. The van der Waals surface area contributed by atoms with Gasteiger partial charge in [-0.3, -0.25) is 0 Å². The van der Waals surface area contributed by atoms with Crippen molar-refractivity contribution >= 4 is 18.8 Å². The molecule has 17 heavy (non-hydrogen) atoms. The van der Waals surface area contributed by atoms with Crippen LogP contribution in [0.15, 0.2) is 34.9 Å². The second-order valence-electron chi connectivity index (χ2n) is 4.45. The lowest BCUT2D eigenvalue weighted by Gasteiger charge is -2.00. The molecule has 1 nitrogen and oxygen atoms in total. The maximum atomic E-state index is 7.07. The predicted octanol–water partition coefficient (Wildman–Crippen LogP) is 4.97. The van der Waals surface area contributed by atoms with Crippen molar-refractivity contribution in [3.05, 3.63) is 34.9 Å². The lowest BCUT2D eigenvalue weighted by molar-refractivity contribution is 0.919. The van der Waals surface area contributed by atoms with Gasteiger partial charge < -0.3 is 5.41 Å². The minimum atomic E-state index is 0.836. The third kappa shape index (κ3) is 10.1. The molecule has 0 rings (SSSR count). The van der Waals surface area contributed by atoms with Gasteiger partial charge in [0.15, 0.2) is 0 Å². The quantitative estimate of drug-likeness (QED) is 0.346. The highest BCUT2D eigenvalue weighted by molar-refractivity contribution is 7.80. The fourth-order valence-corrected chi connectivity index (χ4v) is 1.80. The molecule has 0 fully saturated rings. The van der Waals surface area contributed by atoms with Crippen LogP contribution in [-0.4, -0.2) is 12.0 Å². The van der Waals surface area contributed by atoms with Gasteiger partial charge in [-0.05, 0) is 52.0 Å². The van der Waals surface area contributed by atoms with Gasteiger partial charge in [0.25, 0.3) is 0 Å². The minimum Gasteiger partial charge on any atom is -0.308 e. The topological polar surface area (TPSA) is 23.9 Å². The van der Waals surface area contributed by atoms with Crippen LogP contribution in [0.4, 0.5) is 0 Å². The van der Waals surface area contributed by atoms with Gasteiger partial charge in [-0.2, -0.15) is 12.6 Å². The van der Waals surface area contributed by atoms with Crippen LogP contribution < -0.4 is 0 Å². The fraction of sp³-hybridized carbons (Fsp3) is 0.533. The number of hydrogen-bond donors (Lipinski definition) is 2. The summed E-state index contributed by atoms with van der Waals surface area (Å²) in [6.07, 6.45) is 12.4. The molecule has 0 aromatic carbocycles. The number of rotatable bonds is 8. The van der Waals surface area contributed by atoms with Crippen LogP contribution >= 0.6 is 12.6 Å². The summed E-state index contributed by atoms with van der Waals surface area (Å²) < 4.78 is 0. The molecule has 0 aromatic rings. The standard InChI is InChI=1S/C15H25NS/c1-13(7-5-9-15(3)12-16)6-4-8-14(2)10-11-17/h6,9-10,12,16-17H,4-5,7-8,11H2,1-3H3/b13-6+,14-10+,15-9+,16-12?. The largest absolute Gasteiger partial charge is 0.308 e. The van der Waals surface area contributed by atoms with Crippen molar-refractivity contribution < 1.29 is 0 Å². The van der Waals surface area contributed by atoms with Crippen molar-refractivity contribution in [3.8, 4) is 0 Å². The first kappa shape index (κ1) is 16.2. The zero-order valence-corrected chi connectivity index (χ0v) is 12.2. The molecule has 0 heterocycles. The highest BCUT2D eigenvalue weighted by atomic mass is 32.1. The van der Waals surface area contributed by atoms with E-state index in [0.29, 0.717) is 0 Å². The second-order valence-corrected chi connectivity index (χ2v) is 4.82. The third-order valence-corrected chi connectivity index (χ3v) is 2.89. The Labute approximate surface area is 112 Å².